The molecule has 1 fully saturated rings. The first-order valence-corrected chi connectivity index (χ1v) is 7.58. The summed E-state index contributed by atoms with van der Waals surface area (Å²) in [5.41, 5.74) is 1.14. The van der Waals surface area contributed by atoms with Crippen LogP contribution in [0.4, 0.5) is 5.82 Å². The zero-order valence-electron chi connectivity index (χ0n) is 12.4. The van der Waals surface area contributed by atoms with E-state index in [1.165, 1.54) is 25.5 Å². The zero-order chi connectivity index (χ0) is 15.2. The first-order valence-electron chi connectivity index (χ1n) is 7.58. The number of rotatable bonds is 4. The molecule has 114 valence electrons. The van der Waals surface area contributed by atoms with Crippen LogP contribution in [0.25, 0.3) is 0 Å². The highest BCUT2D eigenvalue weighted by molar-refractivity contribution is 5.91. The Morgan fingerprint density at radius 3 is 2.64 bits per heavy atom. The van der Waals surface area contributed by atoms with Gasteiger partial charge in [-0.3, -0.25) is 9.78 Å². The topological polar surface area (TPSA) is 71.0 Å². The largest absolute Gasteiger partial charge is 0.355 e. The lowest BCUT2D eigenvalue weighted by Crippen LogP contribution is -2.30. The summed E-state index contributed by atoms with van der Waals surface area (Å²) in [7, 11) is 0. The predicted molar refractivity (Wildman–Crippen MR) is 83.5 cm³/mol. The van der Waals surface area contributed by atoms with E-state index < -0.39 is 0 Å². The molecule has 0 aromatic carbocycles. The minimum atomic E-state index is -0.233. The second kappa shape index (κ2) is 6.98. The number of nitrogens with zero attached hydrogens (tertiary/aromatic N) is 4. The maximum atomic E-state index is 12.1. The van der Waals surface area contributed by atoms with Gasteiger partial charge in [0.05, 0.1) is 24.6 Å². The van der Waals surface area contributed by atoms with Crippen molar-refractivity contribution in [2.75, 3.05) is 18.0 Å². The molecule has 1 saturated heterocycles. The van der Waals surface area contributed by atoms with Crippen molar-refractivity contribution < 1.29 is 4.79 Å². The SMILES string of the molecule is O=C(NCc1ccccn1)c1cnc(N2CCCCC2)cn1. The average molecular weight is 297 g/mol. The van der Waals surface area contributed by atoms with Gasteiger partial charge in [0, 0.05) is 19.3 Å². The lowest BCUT2D eigenvalue weighted by Gasteiger charge is -2.27. The van der Waals surface area contributed by atoms with Crippen molar-refractivity contribution in [3.63, 3.8) is 0 Å². The van der Waals surface area contributed by atoms with Crippen LogP contribution in [0.5, 0.6) is 0 Å². The van der Waals surface area contributed by atoms with Gasteiger partial charge >= 0.3 is 0 Å². The summed E-state index contributed by atoms with van der Waals surface area (Å²) >= 11 is 0. The van der Waals surface area contributed by atoms with E-state index in [0.29, 0.717) is 12.2 Å². The third-order valence-corrected chi connectivity index (χ3v) is 3.71. The van der Waals surface area contributed by atoms with E-state index in [1.807, 2.05) is 18.2 Å². The molecule has 0 bridgehead atoms. The standard InChI is InChI=1S/C16H19N5O/c22-16(20-10-13-6-2-3-7-17-13)14-11-19-15(12-18-14)21-8-4-1-5-9-21/h2-3,6-7,11-12H,1,4-5,8-10H2,(H,20,22). The molecule has 3 heterocycles. The van der Waals surface area contributed by atoms with Crippen LogP contribution in [0, 0.1) is 0 Å². The van der Waals surface area contributed by atoms with Gasteiger partial charge in [-0.2, -0.15) is 0 Å². The molecule has 0 saturated carbocycles. The minimum absolute atomic E-state index is 0.233. The number of anilines is 1. The van der Waals surface area contributed by atoms with E-state index in [0.717, 1.165) is 24.6 Å². The van der Waals surface area contributed by atoms with Crippen LogP contribution in [-0.4, -0.2) is 33.9 Å². The van der Waals surface area contributed by atoms with Crippen LogP contribution >= 0.6 is 0 Å². The van der Waals surface area contributed by atoms with Crippen molar-refractivity contribution in [1.82, 2.24) is 20.3 Å². The second-order valence-corrected chi connectivity index (χ2v) is 5.31. The number of aromatic nitrogens is 3. The summed E-state index contributed by atoms with van der Waals surface area (Å²) in [6, 6.07) is 5.60. The monoisotopic (exact) mass is 297 g/mol. The van der Waals surface area contributed by atoms with Gasteiger partial charge in [-0.1, -0.05) is 6.07 Å². The number of amides is 1. The molecule has 0 radical (unpaired) electrons. The van der Waals surface area contributed by atoms with Crippen LogP contribution in [0.15, 0.2) is 36.8 Å². The van der Waals surface area contributed by atoms with Gasteiger partial charge in [0.2, 0.25) is 0 Å². The van der Waals surface area contributed by atoms with Gasteiger partial charge in [-0.15, -0.1) is 0 Å². The lowest BCUT2D eigenvalue weighted by molar-refractivity contribution is 0.0945. The normalized spacial score (nSPS) is 14.6. The van der Waals surface area contributed by atoms with Gasteiger partial charge in [0.15, 0.2) is 0 Å². The third-order valence-electron chi connectivity index (χ3n) is 3.71. The minimum Gasteiger partial charge on any atom is -0.355 e. The number of nitrogens with one attached hydrogen (secondary N) is 1. The van der Waals surface area contributed by atoms with Crippen LogP contribution in [0.2, 0.25) is 0 Å². The number of carbonyl (C=O) groups excluding carboxylic acids is 1. The Hall–Kier alpha value is -2.50. The molecule has 0 unspecified atom stereocenters. The molecular weight excluding hydrogens is 278 g/mol. The molecule has 22 heavy (non-hydrogen) atoms. The Kier molecular flexibility index (Phi) is 4.58. The summed E-state index contributed by atoms with van der Waals surface area (Å²) in [5, 5.41) is 2.80. The number of hydrogen-bond acceptors (Lipinski definition) is 5. The first kappa shape index (κ1) is 14.4. The highest BCUT2D eigenvalue weighted by atomic mass is 16.1. The molecule has 1 aliphatic rings. The molecule has 0 aliphatic carbocycles. The fourth-order valence-electron chi connectivity index (χ4n) is 2.49. The molecule has 6 nitrogen and oxygen atoms in total. The second-order valence-electron chi connectivity index (χ2n) is 5.31. The molecule has 2 aromatic rings. The van der Waals surface area contributed by atoms with Gasteiger partial charge in [0.1, 0.15) is 11.5 Å². The number of piperidine rings is 1. The Bertz CT molecular complexity index is 608. The van der Waals surface area contributed by atoms with Gasteiger partial charge < -0.3 is 10.2 Å². The van der Waals surface area contributed by atoms with Gasteiger partial charge in [0.25, 0.3) is 5.91 Å². The summed E-state index contributed by atoms with van der Waals surface area (Å²) < 4.78 is 0. The van der Waals surface area contributed by atoms with E-state index in [-0.39, 0.29) is 5.91 Å². The Balaban J connectivity index is 1.58. The van der Waals surface area contributed by atoms with E-state index in [2.05, 4.69) is 25.2 Å². The van der Waals surface area contributed by atoms with Crippen LogP contribution in [0.3, 0.4) is 0 Å². The summed E-state index contributed by atoms with van der Waals surface area (Å²) in [4.78, 5) is 27.0. The fourth-order valence-corrected chi connectivity index (χ4v) is 2.49. The van der Waals surface area contributed by atoms with Crippen molar-refractivity contribution >= 4 is 11.7 Å². The summed E-state index contributed by atoms with van der Waals surface area (Å²) in [6.45, 7) is 2.41. The third kappa shape index (κ3) is 3.58. The molecule has 0 atom stereocenters. The Morgan fingerprint density at radius 2 is 1.95 bits per heavy atom. The molecule has 2 aromatic heterocycles. The maximum absolute atomic E-state index is 12.1. The van der Waals surface area contributed by atoms with Crippen molar-refractivity contribution in [3.8, 4) is 0 Å². The Labute approximate surface area is 129 Å². The van der Waals surface area contributed by atoms with E-state index in [9.17, 15) is 4.79 Å². The van der Waals surface area contributed by atoms with Crippen LogP contribution in [-0.2, 0) is 6.54 Å². The smallest absolute Gasteiger partial charge is 0.271 e. The van der Waals surface area contributed by atoms with Gasteiger partial charge in [-0.05, 0) is 31.4 Å². The average Bonchev–Trinajstić information content (AvgIpc) is 2.61. The van der Waals surface area contributed by atoms with E-state index >= 15 is 0 Å². The molecule has 0 spiro atoms. The van der Waals surface area contributed by atoms with Gasteiger partial charge in [-0.25, -0.2) is 9.97 Å². The molecular formula is C16H19N5O. The van der Waals surface area contributed by atoms with E-state index in [1.54, 1.807) is 12.4 Å². The molecule has 3 rings (SSSR count). The summed E-state index contributed by atoms with van der Waals surface area (Å²) in [5.74, 6) is 0.615. The maximum Gasteiger partial charge on any atom is 0.271 e. The first-order chi connectivity index (χ1) is 10.8. The molecule has 1 aliphatic heterocycles. The highest BCUT2D eigenvalue weighted by Gasteiger charge is 2.14. The lowest BCUT2D eigenvalue weighted by atomic mass is 10.1. The van der Waals surface area contributed by atoms with Crippen LogP contribution in [0.1, 0.15) is 35.4 Å². The Morgan fingerprint density at radius 1 is 1.09 bits per heavy atom. The zero-order valence-corrected chi connectivity index (χ0v) is 12.4. The van der Waals surface area contributed by atoms with Crippen molar-refractivity contribution in [2.24, 2.45) is 0 Å². The van der Waals surface area contributed by atoms with Crippen molar-refractivity contribution in [3.05, 3.63) is 48.2 Å². The quantitative estimate of drug-likeness (QED) is 0.931. The molecule has 1 N–H and O–H groups in total. The van der Waals surface area contributed by atoms with Crippen LogP contribution < -0.4 is 10.2 Å². The van der Waals surface area contributed by atoms with Crippen molar-refractivity contribution in [1.29, 1.82) is 0 Å². The summed E-state index contributed by atoms with van der Waals surface area (Å²) in [6.07, 6.45) is 8.58. The van der Waals surface area contributed by atoms with Crippen molar-refractivity contribution in [2.45, 2.75) is 25.8 Å². The number of hydrogen-bond donors (Lipinski definition) is 1. The fraction of sp³-hybridized carbons (Fsp3) is 0.375. The number of pyridine rings is 1. The van der Waals surface area contributed by atoms with E-state index in [4.69, 9.17) is 0 Å². The number of carbonyl (C=O) groups is 1. The molecule has 1 amide bonds. The molecule has 6 heteroatoms. The highest BCUT2D eigenvalue weighted by Crippen LogP contribution is 2.16. The predicted octanol–water partition coefficient (Wildman–Crippen LogP) is 1.79.